The molecule has 2 aromatic rings. The number of nitrogens with one attached hydrogen (secondary N) is 1. The number of aromatic nitrogens is 3. The normalized spacial score (nSPS) is 22.4. The maximum atomic E-state index is 11.0. The molecule has 9 nitrogen and oxygen atoms in total. The second-order valence-corrected chi connectivity index (χ2v) is 6.51. The number of benzene rings is 1. The van der Waals surface area contributed by atoms with E-state index in [4.69, 9.17) is 4.74 Å². The summed E-state index contributed by atoms with van der Waals surface area (Å²) < 4.78 is 7.42. The Kier molecular flexibility index (Phi) is 4.48. The number of hydrogen-bond donors (Lipinski definition) is 2. The van der Waals surface area contributed by atoms with E-state index in [0.29, 0.717) is 13.1 Å². The average Bonchev–Trinajstić information content (AvgIpc) is 3.25. The lowest BCUT2D eigenvalue weighted by molar-refractivity contribution is -0.121. The highest BCUT2D eigenvalue weighted by Gasteiger charge is 2.31. The first-order chi connectivity index (χ1) is 12.6. The van der Waals surface area contributed by atoms with Gasteiger partial charge in [0, 0.05) is 31.4 Å². The van der Waals surface area contributed by atoms with Crippen LogP contribution in [-0.4, -0.2) is 57.9 Å². The van der Waals surface area contributed by atoms with Gasteiger partial charge >= 0.3 is 0 Å². The van der Waals surface area contributed by atoms with Gasteiger partial charge in [-0.3, -0.25) is 4.79 Å². The van der Waals surface area contributed by atoms with Crippen molar-refractivity contribution >= 4 is 17.3 Å². The second-order valence-electron chi connectivity index (χ2n) is 6.51. The summed E-state index contributed by atoms with van der Waals surface area (Å²) in [4.78, 5) is 19.3. The molecule has 1 amide bonds. The van der Waals surface area contributed by atoms with Gasteiger partial charge < -0.3 is 25.0 Å². The molecule has 2 aliphatic heterocycles. The number of aliphatic hydroxyl groups is 1. The molecule has 0 saturated carbocycles. The van der Waals surface area contributed by atoms with Crippen LogP contribution >= 0.6 is 0 Å². The fraction of sp³-hybridized carbons (Fsp3) is 0.471. The molecular formula is C17H22N6O3. The number of carbonyl (C=O) groups excluding carboxylic acids is 1. The highest BCUT2D eigenvalue weighted by atomic mass is 16.6. The van der Waals surface area contributed by atoms with Crippen molar-refractivity contribution in [1.29, 1.82) is 0 Å². The highest BCUT2D eigenvalue weighted by Crippen LogP contribution is 2.27. The Morgan fingerprint density at radius 3 is 2.85 bits per heavy atom. The van der Waals surface area contributed by atoms with Gasteiger partial charge in [-0.15, -0.1) is 0 Å². The predicted octanol–water partition coefficient (Wildman–Crippen LogP) is -0.0845. The first kappa shape index (κ1) is 16.8. The van der Waals surface area contributed by atoms with Crippen molar-refractivity contribution in [2.45, 2.75) is 32.5 Å². The minimum Gasteiger partial charge on any atom is -0.362 e. The zero-order valence-electron chi connectivity index (χ0n) is 14.6. The number of rotatable bonds is 4. The number of hydrogen-bond acceptors (Lipinski definition) is 7. The zero-order chi connectivity index (χ0) is 18.1. The van der Waals surface area contributed by atoms with Crippen LogP contribution in [0.15, 0.2) is 30.6 Å². The van der Waals surface area contributed by atoms with Gasteiger partial charge in [-0.25, -0.2) is 9.67 Å². The van der Waals surface area contributed by atoms with E-state index in [2.05, 4.69) is 20.3 Å². The van der Waals surface area contributed by atoms with Gasteiger partial charge in [-0.05, 0) is 24.3 Å². The molecule has 2 atom stereocenters. The number of nitrogens with zero attached hydrogens (tertiary/aromatic N) is 5. The van der Waals surface area contributed by atoms with Crippen LogP contribution in [0, 0.1) is 0 Å². The topological polar surface area (TPSA) is 95.8 Å². The largest absolute Gasteiger partial charge is 0.362 e. The van der Waals surface area contributed by atoms with Gasteiger partial charge in [0.2, 0.25) is 12.3 Å². The van der Waals surface area contributed by atoms with Crippen LogP contribution in [0.5, 0.6) is 0 Å². The molecule has 0 spiro atoms. The molecule has 138 valence electrons. The Morgan fingerprint density at radius 2 is 2.08 bits per heavy atom. The number of ether oxygens (including phenoxy) is 1. The van der Waals surface area contributed by atoms with E-state index in [0.717, 1.165) is 36.8 Å². The lowest BCUT2D eigenvalue weighted by Crippen LogP contribution is -2.34. The lowest BCUT2D eigenvalue weighted by atomic mass is 10.2. The summed E-state index contributed by atoms with van der Waals surface area (Å²) in [7, 11) is 0. The first-order valence-electron chi connectivity index (χ1n) is 8.66. The molecule has 4 rings (SSSR count). The smallest absolute Gasteiger partial charge is 0.238 e. The summed E-state index contributed by atoms with van der Waals surface area (Å²) in [6, 6.07) is 8.02. The van der Waals surface area contributed by atoms with Crippen LogP contribution in [0.3, 0.4) is 0 Å². The molecule has 3 heterocycles. The van der Waals surface area contributed by atoms with Crippen LogP contribution in [0.2, 0.25) is 0 Å². The van der Waals surface area contributed by atoms with E-state index in [1.54, 1.807) is 11.2 Å². The van der Waals surface area contributed by atoms with Crippen molar-refractivity contribution in [2.24, 2.45) is 0 Å². The number of carbonyl (C=O) groups is 1. The molecule has 1 fully saturated rings. The van der Waals surface area contributed by atoms with Crippen LogP contribution in [0.25, 0.3) is 0 Å². The van der Waals surface area contributed by atoms with Gasteiger partial charge in [0.15, 0.2) is 0 Å². The molecule has 2 aliphatic rings. The molecule has 9 heteroatoms. The summed E-state index contributed by atoms with van der Waals surface area (Å²) in [6.07, 6.45) is 0.351. The van der Waals surface area contributed by atoms with Crippen molar-refractivity contribution in [3.05, 3.63) is 36.4 Å². The van der Waals surface area contributed by atoms with Crippen molar-refractivity contribution in [3.63, 3.8) is 0 Å². The quantitative estimate of drug-likeness (QED) is 0.789. The van der Waals surface area contributed by atoms with Gasteiger partial charge in [0.05, 0.1) is 25.7 Å². The van der Waals surface area contributed by atoms with Crippen LogP contribution in [0.4, 0.5) is 11.4 Å². The maximum Gasteiger partial charge on any atom is 0.238 e. The Balaban J connectivity index is 1.41. The van der Waals surface area contributed by atoms with E-state index in [1.165, 1.54) is 6.92 Å². The van der Waals surface area contributed by atoms with Crippen LogP contribution < -0.4 is 15.1 Å². The monoisotopic (exact) mass is 358 g/mol. The molecule has 0 bridgehead atoms. The number of aliphatic hydroxyl groups excluding tert-OH is 1. The standard InChI is InChI=1S/C17H22N6O3/c1-12(24)18-8-15-9-22(17(25)26-15)14-4-2-13(3-5-14)21-6-7-23-16(10-21)19-11-20-23/h2-5,11,15,17,25H,6-10H2,1H3,(H,18,24)/t15-,17?/m0/s1. The minimum atomic E-state index is -1.01. The Hall–Kier alpha value is -2.65. The Bertz CT molecular complexity index is 777. The third kappa shape index (κ3) is 3.35. The second kappa shape index (κ2) is 6.93. The summed E-state index contributed by atoms with van der Waals surface area (Å²) in [5, 5.41) is 17.1. The third-order valence-electron chi connectivity index (χ3n) is 4.72. The predicted molar refractivity (Wildman–Crippen MR) is 94.4 cm³/mol. The number of fused-ring (bicyclic) bond motifs is 1. The van der Waals surface area contributed by atoms with E-state index < -0.39 is 6.41 Å². The summed E-state index contributed by atoms with van der Waals surface area (Å²) in [5.41, 5.74) is 1.99. The summed E-state index contributed by atoms with van der Waals surface area (Å²) in [5.74, 6) is 0.854. The minimum absolute atomic E-state index is 0.108. The average molecular weight is 358 g/mol. The Morgan fingerprint density at radius 1 is 1.31 bits per heavy atom. The molecule has 1 aromatic heterocycles. The molecular weight excluding hydrogens is 336 g/mol. The molecule has 1 unspecified atom stereocenters. The van der Waals surface area contributed by atoms with Crippen molar-refractivity contribution in [1.82, 2.24) is 20.1 Å². The lowest BCUT2D eigenvalue weighted by Gasteiger charge is -2.29. The zero-order valence-corrected chi connectivity index (χ0v) is 14.6. The number of anilines is 2. The SMILES string of the molecule is CC(=O)NC[C@H]1CN(c2ccc(N3CCn4ncnc4C3)cc2)C(O)O1. The highest BCUT2D eigenvalue weighted by molar-refractivity contribution is 5.72. The van der Waals surface area contributed by atoms with Crippen molar-refractivity contribution in [2.75, 3.05) is 29.4 Å². The first-order valence-corrected chi connectivity index (χ1v) is 8.66. The van der Waals surface area contributed by atoms with Crippen LogP contribution in [0.1, 0.15) is 12.7 Å². The molecule has 0 radical (unpaired) electrons. The van der Waals surface area contributed by atoms with E-state index in [-0.39, 0.29) is 12.0 Å². The maximum absolute atomic E-state index is 11.0. The molecule has 2 N–H and O–H groups in total. The molecule has 1 saturated heterocycles. The van der Waals surface area contributed by atoms with Gasteiger partial charge in [0.1, 0.15) is 12.2 Å². The van der Waals surface area contributed by atoms with Crippen LogP contribution in [-0.2, 0) is 22.6 Å². The van der Waals surface area contributed by atoms with Gasteiger partial charge in [-0.2, -0.15) is 5.10 Å². The summed E-state index contributed by atoms with van der Waals surface area (Å²) in [6.45, 7) is 4.80. The fourth-order valence-corrected chi connectivity index (χ4v) is 3.34. The molecule has 0 aliphatic carbocycles. The third-order valence-corrected chi connectivity index (χ3v) is 4.72. The van der Waals surface area contributed by atoms with E-state index in [9.17, 15) is 9.90 Å². The van der Waals surface area contributed by atoms with Crippen molar-refractivity contribution < 1.29 is 14.6 Å². The van der Waals surface area contributed by atoms with Crippen molar-refractivity contribution in [3.8, 4) is 0 Å². The Labute approximate surface area is 151 Å². The van der Waals surface area contributed by atoms with Gasteiger partial charge in [0.25, 0.3) is 0 Å². The van der Waals surface area contributed by atoms with E-state index >= 15 is 0 Å². The fourth-order valence-electron chi connectivity index (χ4n) is 3.34. The van der Waals surface area contributed by atoms with E-state index in [1.807, 2.05) is 28.9 Å². The number of amides is 1. The summed E-state index contributed by atoms with van der Waals surface area (Å²) >= 11 is 0. The van der Waals surface area contributed by atoms with Gasteiger partial charge in [-0.1, -0.05) is 0 Å². The molecule has 26 heavy (non-hydrogen) atoms. The molecule has 1 aromatic carbocycles.